The summed E-state index contributed by atoms with van der Waals surface area (Å²) in [6, 6.07) is 11.2. The van der Waals surface area contributed by atoms with Crippen LogP contribution in [0.4, 0.5) is 5.69 Å². The van der Waals surface area contributed by atoms with E-state index in [2.05, 4.69) is 5.32 Å². The molecule has 1 N–H and O–H groups in total. The predicted octanol–water partition coefficient (Wildman–Crippen LogP) is 3.05. The summed E-state index contributed by atoms with van der Waals surface area (Å²) >= 11 is 5.86. The zero-order valence-electron chi connectivity index (χ0n) is 12.7. The van der Waals surface area contributed by atoms with Crippen LogP contribution >= 0.6 is 11.6 Å². The molecule has 0 atom stereocenters. The fourth-order valence-corrected chi connectivity index (χ4v) is 2.10. The van der Waals surface area contributed by atoms with Gasteiger partial charge in [-0.05, 0) is 36.4 Å². The first kappa shape index (κ1) is 17.3. The lowest BCUT2D eigenvalue weighted by molar-refractivity contribution is -0.118. The Bertz CT molecular complexity index is 815. The first-order valence-corrected chi connectivity index (χ1v) is 7.20. The fourth-order valence-electron chi connectivity index (χ4n) is 1.92. The van der Waals surface area contributed by atoms with Crippen molar-refractivity contribution in [3.05, 3.63) is 52.5 Å². The topological polar surface area (TPSA) is 88.4 Å². The first-order chi connectivity index (χ1) is 11.6. The van der Waals surface area contributed by atoms with E-state index in [1.165, 1.54) is 31.4 Å². The number of rotatable bonds is 6. The van der Waals surface area contributed by atoms with Crippen LogP contribution in [-0.4, -0.2) is 25.9 Å². The number of methoxy groups -OCH3 is 1. The molecular formula is C17H13ClN2O4. The second-order valence-electron chi connectivity index (χ2n) is 4.66. The van der Waals surface area contributed by atoms with E-state index in [0.29, 0.717) is 22.7 Å². The van der Waals surface area contributed by atoms with Crippen molar-refractivity contribution in [1.29, 1.82) is 5.26 Å². The molecule has 2 aromatic rings. The Balaban J connectivity index is 2.05. The summed E-state index contributed by atoms with van der Waals surface area (Å²) in [5, 5.41) is 12.0. The molecule has 7 heteroatoms. The van der Waals surface area contributed by atoms with Crippen LogP contribution in [0.3, 0.4) is 0 Å². The van der Waals surface area contributed by atoms with Gasteiger partial charge in [-0.3, -0.25) is 9.59 Å². The molecule has 122 valence electrons. The highest BCUT2D eigenvalue weighted by Gasteiger charge is 2.11. The van der Waals surface area contributed by atoms with Gasteiger partial charge in [0.2, 0.25) is 0 Å². The number of carbonyl (C=O) groups excluding carboxylic acids is 2. The molecule has 2 aromatic carbocycles. The smallest absolute Gasteiger partial charge is 0.262 e. The third-order valence-electron chi connectivity index (χ3n) is 3.08. The number of anilines is 1. The molecule has 0 aliphatic carbocycles. The van der Waals surface area contributed by atoms with Crippen molar-refractivity contribution in [1.82, 2.24) is 0 Å². The van der Waals surface area contributed by atoms with Gasteiger partial charge >= 0.3 is 0 Å². The van der Waals surface area contributed by atoms with Gasteiger partial charge in [-0.2, -0.15) is 5.26 Å². The Hall–Kier alpha value is -3.04. The van der Waals surface area contributed by atoms with Crippen molar-refractivity contribution >= 4 is 29.5 Å². The largest absolute Gasteiger partial charge is 0.497 e. The van der Waals surface area contributed by atoms with Crippen LogP contribution in [0.5, 0.6) is 11.5 Å². The molecule has 6 nitrogen and oxygen atoms in total. The van der Waals surface area contributed by atoms with Crippen LogP contribution in [0.15, 0.2) is 36.4 Å². The summed E-state index contributed by atoms with van der Waals surface area (Å²) in [7, 11) is 1.48. The maximum absolute atomic E-state index is 12.0. The molecule has 24 heavy (non-hydrogen) atoms. The van der Waals surface area contributed by atoms with Crippen LogP contribution in [0.25, 0.3) is 0 Å². The van der Waals surface area contributed by atoms with Crippen molar-refractivity contribution in [2.24, 2.45) is 0 Å². The van der Waals surface area contributed by atoms with Gasteiger partial charge in [0.25, 0.3) is 5.91 Å². The van der Waals surface area contributed by atoms with Crippen LogP contribution in [-0.2, 0) is 4.79 Å². The summed E-state index contributed by atoms with van der Waals surface area (Å²) in [5.74, 6) is 0.278. The Kier molecular flexibility index (Phi) is 5.77. The summed E-state index contributed by atoms with van der Waals surface area (Å²) in [6.07, 6.45) is 0.612. The molecule has 0 radical (unpaired) electrons. The molecule has 0 aliphatic heterocycles. The van der Waals surface area contributed by atoms with Gasteiger partial charge in [-0.15, -0.1) is 0 Å². The van der Waals surface area contributed by atoms with E-state index in [4.69, 9.17) is 26.3 Å². The SMILES string of the molecule is COc1ccc(OCC(=O)Nc2cc(Cl)ccc2C#N)c(C=O)c1. The van der Waals surface area contributed by atoms with E-state index in [9.17, 15) is 9.59 Å². The van der Waals surface area contributed by atoms with E-state index < -0.39 is 5.91 Å². The van der Waals surface area contributed by atoms with Crippen molar-refractivity contribution in [2.45, 2.75) is 0 Å². The van der Waals surface area contributed by atoms with E-state index in [1.807, 2.05) is 6.07 Å². The minimum absolute atomic E-state index is 0.257. The first-order valence-electron chi connectivity index (χ1n) is 6.83. The molecule has 0 aliphatic rings. The number of halogens is 1. The Labute approximate surface area is 143 Å². The normalized spacial score (nSPS) is 9.71. The number of benzene rings is 2. The van der Waals surface area contributed by atoms with E-state index in [1.54, 1.807) is 12.1 Å². The average molecular weight is 345 g/mol. The maximum atomic E-state index is 12.0. The monoisotopic (exact) mass is 344 g/mol. The summed E-state index contributed by atoms with van der Waals surface area (Å²) in [6.45, 7) is -0.329. The van der Waals surface area contributed by atoms with E-state index >= 15 is 0 Å². The highest BCUT2D eigenvalue weighted by atomic mass is 35.5. The second-order valence-corrected chi connectivity index (χ2v) is 5.10. The molecule has 0 saturated heterocycles. The lowest BCUT2D eigenvalue weighted by atomic mass is 10.2. The number of nitriles is 1. The fraction of sp³-hybridized carbons (Fsp3) is 0.118. The molecule has 1 amide bonds. The van der Waals surface area contributed by atoms with Crippen molar-refractivity contribution in [3.63, 3.8) is 0 Å². The van der Waals surface area contributed by atoms with Crippen molar-refractivity contribution in [3.8, 4) is 17.6 Å². The minimum Gasteiger partial charge on any atom is -0.497 e. The number of ether oxygens (including phenoxy) is 2. The van der Waals surface area contributed by atoms with Gasteiger partial charge in [0.1, 0.15) is 17.6 Å². The van der Waals surface area contributed by atoms with Gasteiger partial charge in [-0.25, -0.2) is 0 Å². The minimum atomic E-state index is -0.485. The molecular weight excluding hydrogens is 332 g/mol. The number of amides is 1. The molecule has 0 spiro atoms. The van der Waals surface area contributed by atoms with Crippen LogP contribution in [0, 0.1) is 11.3 Å². The lowest BCUT2D eigenvalue weighted by Crippen LogP contribution is -2.21. The summed E-state index contributed by atoms with van der Waals surface area (Å²) in [4.78, 5) is 23.1. The molecule has 0 fully saturated rings. The lowest BCUT2D eigenvalue weighted by Gasteiger charge is -2.11. The van der Waals surface area contributed by atoms with Gasteiger partial charge in [0, 0.05) is 5.02 Å². The van der Waals surface area contributed by atoms with Crippen molar-refractivity contribution in [2.75, 3.05) is 19.0 Å². The van der Waals surface area contributed by atoms with Crippen LogP contribution < -0.4 is 14.8 Å². The molecule has 2 rings (SSSR count). The standard InChI is InChI=1S/C17H13ClN2O4/c1-23-14-4-5-16(12(6-14)9-21)24-10-17(22)20-15-7-13(18)3-2-11(15)8-19/h2-7,9H,10H2,1H3,(H,20,22). The molecule has 0 saturated carbocycles. The van der Waals surface area contributed by atoms with E-state index in [-0.39, 0.29) is 23.5 Å². The predicted molar refractivity (Wildman–Crippen MR) is 88.7 cm³/mol. The molecule has 0 aromatic heterocycles. The Morgan fingerprint density at radius 2 is 2.12 bits per heavy atom. The number of aldehydes is 1. The van der Waals surface area contributed by atoms with Gasteiger partial charge in [0.15, 0.2) is 12.9 Å². The van der Waals surface area contributed by atoms with Gasteiger partial charge < -0.3 is 14.8 Å². The Morgan fingerprint density at radius 3 is 2.79 bits per heavy atom. The summed E-state index contributed by atoms with van der Waals surface area (Å²) in [5.41, 5.74) is 0.845. The number of nitrogens with zero attached hydrogens (tertiary/aromatic N) is 1. The number of hydrogen-bond donors (Lipinski definition) is 1. The van der Waals surface area contributed by atoms with Gasteiger partial charge in [-0.1, -0.05) is 11.6 Å². The second kappa shape index (κ2) is 7.99. The Morgan fingerprint density at radius 1 is 1.33 bits per heavy atom. The molecule has 0 unspecified atom stereocenters. The molecule has 0 heterocycles. The van der Waals surface area contributed by atoms with Crippen LogP contribution in [0.1, 0.15) is 15.9 Å². The third-order valence-corrected chi connectivity index (χ3v) is 3.31. The van der Waals surface area contributed by atoms with Crippen LogP contribution in [0.2, 0.25) is 5.02 Å². The van der Waals surface area contributed by atoms with E-state index in [0.717, 1.165) is 0 Å². The highest BCUT2D eigenvalue weighted by Crippen LogP contribution is 2.23. The highest BCUT2D eigenvalue weighted by molar-refractivity contribution is 6.31. The maximum Gasteiger partial charge on any atom is 0.262 e. The number of nitrogens with one attached hydrogen (secondary N) is 1. The zero-order chi connectivity index (χ0) is 17.5. The number of hydrogen-bond acceptors (Lipinski definition) is 5. The van der Waals surface area contributed by atoms with Gasteiger partial charge in [0.05, 0.1) is 23.9 Å². The molecule has 0 bridgehead atoms. The number of carbonyl (C=O) groups is 2. The summed E-state index contributed by atoms with van der Waals surface area (Å²) < 4.78 is 10.4. The quantitative estimate of drug-likeness (QED) is 0.813. The third kappa shape index (κ3) is 4.24. The van der Waals surface area contributed by atoms with Crippen molar-refractivity contribution < 1.29 is 19.1 Å². The average Bonchev–Trinajstić information content (AvgIpc) is 2.60. The zero-order valence-corrected chi connectivity index (χ0v) is 13.5.